The largest absolute Gasteiger partial charge is 0.493 e. The summed E-state index contributed by atoms with van der Waals surface area (Å²) in [6.45, 7) is 6.83. The predicted molar refractivity (Wildman–Crippen MR) is 121 cm³/mol. The van der Waals surface area contributed by atoms with Crippen LogP contribution in [0.1, 0.15) is 39.0 Å². The number of hydrogen-bond acceptors (Lipinski definition) is 4. The first kappa shape index (κ1) is 24.4. The van der Waals surface area contributed by atoms with Crippen LogP contribution in [0.25, 0.3) is 11.1 Å². The molecule has 6 nitrogen and oxygen atoms in total. The number of nitrogens with zero attached hydrogens (tertiary/aromatic N) is 1. The van der Waals surface area contributed by atoms with Crippen LogP contribution in [0, 0.1) is 5.92 Å². The number of unbranched alkanes of at least 4 members (excludes halogenated alkanes) is 2. The topological polar surface area (TPSA) is 87.1 Å². The smallest absolute Gasteiger partial charge is 0.414 e. The van der Waals surface area contributed by atoms with Gasteiger partial charge in [-0.25, -0.2) is 9.59 Å². The van der Waals surface area contributed by atoms with Crippen LogP contribution in [0.5, 0.6) is 5.75 Å². The Bertz CT molecular complexity index is 797. The standard InChI is InChI=1S/C23H31NO.C2H2O4/c1-2-3-7-15-24-16-9-10-20(18-24)19-25-23-14-8-13-22(17-23)21-11-5-4-6-12-21;3-1(4)2(5)6/h4-6,8,11-14,17,20H,2-3,7,9-10,15-16,18-19H2,1H3;(H,3,4)(H,5,6). The van der Waals surface area contributed by atoms with E-state index in [0.717, 1.165) is 12.4 Å². The molecule has 1 saturated heterocycles. The van der Waals surface area contributed by atoms with Crippen molar-refractivity contribution >= 4 is 11.9 Å². The van der Waals surface area contributed by atoms with Gasteiger partial charge in [0.15, 0.2) is 0 Å². The number of carboxylic acids is 2. The number of piperidine rings is 1. The lowest BCUT2D eigenvalue weighted by Gasteiger charge is -2.32. The van der Waals surface area contributed by atoms with E-state index in [-0.39, 0.29) is 0 Å². The molecule has 1 aliphatic heterocycles. The molecule has 1 unspecified atom stereocenters. The second kappa shape index (κ2) is 13.4. The Morgan fingerprint density at radius 2 is 1.71 bits per heavy atom. The Morgan fingerprint density at radius 3 is 2.39 bits per heavy atom. The molecule has 0 spiro atoms. The Morgan fingerprint density at radius 1 is 1.00 bits per heavy atom. The fourth-order valence-electron chi connectivity index (χ4n) is 3.69. The van der Waals surface area contributed by atoms with Crippen molar-refractivity contribution < 1.29 is 24.5 Å². The lowest BCUT2D eigenvalue weighted by atomic mass is 9.98. The highest BCUT2D eigenvalue weighted by Crippen LogP contribution is 2.25. The van der Waals surface area contributed by atoms with Gasteiger partial charge in [0.2, 0.25) is 0 Å². The second-order valence-electron chi connectivity index (χ2n) is 7.83. The van der Waals surface area contributed by atoms with Gasteiger partial charge < -0.3 is 19.8 Å². The van der Waals surface area contributed by atoms with Crippen molar-refractivity contribution in [2.45, 2.75) is 39.0 Å². The molecule has 0 radical (unpaired) electrons. The van der Waals surface area contributed by atoms with Gasteiger partial charge in [-0.1, -0.05) is 62.2 Å². The minimum absolute atomic E-state index is 0.663. The third kappa shape index (κ3) is 9.22. The first-order valence-electron chi connectivity index (χ1n) is 11.0. The zero-order valence-corrected chi connectivity index (χ0v) is 18.2. The van der Waals surface area contributed by atoms with Gasteiger partial charge in [0.05, 0.1) is 6.61 Å². The molecule has 0 saturated carbocycles. The maximum Gasteiger partial charge on any atom is 0.414 e. The summed E-state index contributed by atoms with van der Waals surface area (Å²) >= 11 is 0. The number of rotatable bonds is 8. The third-order valence-corrected chi connectivity index (χ3v) is 5.29. The number of hydrogen-bond donors (Lipinski definition) is 2. The molecule has 168 valence electrons. The fraction of sp³-hybridized carbons (Fsp3) is 0.440. The summed E-state index contributed by atoms with van der Waals surface area (Å²) in [5.74, 6) is -2.00. The Kier molecular flexibility index (Phi) is 10.6. The van der Waals surface area contributed by atoms with Gasteiger partial charge in [-0.05, 0) is 55.6 Å². The minimum atomic E-state index is -1.82. The van der Waals surface area contributed by atoms with Crippen LogP contribution in [0.3, 0.4) is 0 Å². The Hall–Kier alpha value is -2.86. The van der Waals surface area contributed by atoms with Gasteiger partial charge in [0.1, 0.15) is 5.75 Å². The van der Waals surface area contributed by atoms with Crippen molar-refractivity contribution in [2.24, 2.45) is 5.92 Å². The summed E-state index contributed by atoms with van der Waals surface area (Å²) in [4.78, 5) is 20.8. The highest BCUT2D eigenvalue weighted by Gasteiger charge is 2.20. The lowest BCUT2D eigenvalue weighted by molar-refractivity contribution is -0.159. The number of aliphatic carboxylic acids is 2. The molecule has 1 fully saturated rings. The molecule has 0 aliphatic carbocycles. The number of likely N-dealkylation sites (tertiary alicyclic amines) is 1. The van der Waals surface area contributed by atoms with E-state index in [9.17, 15) is 0 Å². The van der Waals surface area contributed by atoms with E-state index in [4.69, 9.17) is 24.5 Å². The Labute approximate surface area is 184 Å². The van der Waals surface area contributed by atoms with Crippen LogP contribution in [0.2, 0.25) is 0 Å². The van der Waals surface area contributed by atoms with Crippen LogP contribution in [-0.2, 0) is 9.59 Å². The summed E-state index contributed by atoms with van der Waals surface area (Å²) in [7, 11) is 0. The molecule has 1 heterocycles. The average molecular weight is 428 g/mol. The van der Waals surface area contributed by atoms with Crippen molar-refractivity contribution in [1.82, 2.24) is 4.90 Å². The van der Waals surface area contributed by atoms with Crippen molar-refractivity contribution in [3.8, 4) is 16.9 Å². The zero-order valence-electron chi connectivity index (χ0n) is 18.2. The van der Waals surface area contributed by atoms with Crippen molar-refractivity contribution in [2.75, 3.05) is 26.2 Å². The van der Waals surface area contributed by atoms with E-state index in [1.165, 1.54) is 62.9 Å². The van der Waals surface area contributed by atoms with Gasteiger partial charge in [-0.15, -0.1) is 0 Å². The third-order valence-electron chi connectivity index (χ3n) is 5.29. The molecule has 0 amide bonds. The predicted octanol–water partition coefficient (Wildman–Crippen LogP) is 4.79. The molecule has 1 aliphatic rings. The molecule has 3 rings (SSSR count). The number of benzene rings is 2. The van der Waals surface area contributed by atoms with E-state index < -0.39 is 11.9 Å². The van der Waals surface area contributed by atoms with Crippen LogP contribution in [0.15, 0.2) is 54.6 Å². The fourth-order valence-corrected chi connectivity index (χ4v) is 3.69. The van der Waals surface area contributed by atoms with Gasteiger partial charge in [0.25, 0.3) is 0 Å². The van der Waals surface area contributed by atoms with E-state index in [0.29, 0.717) is 5.92 Å². The molecule has 6 heteroatoms. The van der Waals surface area contributed by atoms with Crippen LogP contribution in [-0.4, -0.2) is 53.3 Å². The molecule has 2 N–H and O–H groups in total. The molecule has 2 aromatic rings. The van der Waals surface area contributed by atoms with E-state index >= 15 is 0 Å². The summed E-state index contributed by atoms with van der Waals surface area (Å²) in [6, 6.07) is 19.0. The van der Waals surface area contributed by atoms with Gasteiger partial charge in [-0.2, -0.15) is 0 Å². The maximum absolute atomic E-state index is 9.10. The molecule has 2 aromatic carbocycles. The molecule has 31 heavy (non-hydrogen) atoms. The lowest BCUT2D eigenvalue weighted by Crippen LogP contribution is -2.38. The average Bonchev–Trinajstić information content (AvgIpc) is 2.79. The van der Waals surface area contributed by atoms with Crippen molar-refractivity contribution in [3.05, 3.63) is 54.6 Å². The van der Waals surface area contributed by atoms with E-state index in [1.807, 2.05) is 0 Å². The van der Waals surface area contributed by atoms with Gasteiger partial charge >= 0.3 is 11.9 Å². The van der Waals surface area contributed by atoms with Crippen LogP contribution < -0.4 is 4.74 Å². The van der Waals surface area contributed by atoms with Crippen molar-refractivity contribution in [1.29, 1.82) is 0 Å². The van der Waals surface area contributed by atoms with E-state index in [1.54, 1.807) is 0 Å². The highest BCUT2D eigenvalue weighted by atomic mass is 16.5. The summed E-state index contributed by atoms with van der Waals surface area (Å²) in [5, 5.41) is 14.8. The van der Waals surface area contributed by atoms with Gasteiger partial charge in [-0.3, -0.25) is 0 Å². The zero-order chi connectivity index (χ0) is 22.5. The highest BCUT2D eigenvalue weighted by molar-refractivity contribution is 6.27. The quantitative estimate of drug-likeness (QED) is 0.465. The first-order valence-corrected chi connectivity index (χ1v) is 11.0. The summed E-state index contributed by atoms with van der Waals surface area (Å²) in [5.41, 5.74) is 2.47. The Balaban J connectivity index is 0.000000501. The van der Waals surface area contributed by atoms with Crippen molar-refractivity contribution in [3.63, 3.8) is 0 Å². The maximum atomic E-state index is 9.10. The molecule has 1 atom stereocenters. The first-order chi connectivity index (χ1) is 15.0. The number of carbonyl (C=O) groups is 2. The SMILES string of the molecule is CCCCCN1CCCC(COc2cccc(-c3ccccc3)c2)C1.O=C(O)C(=O)O. The summed E-state index contributed by atoms with van der Waals surface area (Å²) in [6.07, 6.45) is 6.60. The minimum Gasteiger partial charge on any atom is -0.493 e. The molecular weight excluding hydrogens is 394 g/mol. The number of ether oxygens (including phenoxy) is 1. The normalized spacial score (nSPS) is 16.1. The summed E-state index contributed by atoms with van der Waals surface area (Å²) < 4.78 is 6.15. The molecule has 0 aromatic heterocycles. The second-order valence-corrected chi connectivity index (χ2v) is 7.83. The number of carboxylic acid groups (broad SMARTS) is 2. The molecular formula is C25H33NO5. The van der Waals surface area contributed by atoms with Crippen LogP contribution in [0.4, 0.5) is 0 Å². The van der Waals surface area contributed by atoms with Crippen LogP contribution >= 0.6 is 0 Å². The van der Waals surface area contributed by atoms with Gasteiger partial charge in [0, 0.05) is 12.5 Å². The van der Waals surface area contributed by atoms with E-state index in [2.05, 4.69) is 66.4 Å². The monoisotopic (exact) mass is 427 g/mol. The molecule has 0 bridgehead atoms.